The van der Waals surface area contributed by atoms with Gasteiger partial charge in [0.05, 0.1) is 33.4 Å². The summed E-state index contributed by atoms with van der Waals surface area (Å²) in [5, 5.41) is 12.4. The maximum Gasteiger partial charge on any atom is 0.0866 e. The number of aromatic nitrogens is 2. The van der Waals surface area contributed by atoms with E-state index >= 15 is 0 Å². The fourth-order valence-electron chi connectivity index (χ4n) is 6.75. The van der Waals surface area contributed by atoms with Crippen molar-refractivity contribution >= 4 is 78.5 Å². The molecule has 7 rings (SSSR count). The number of nitrogens with zero attached hydrogens (tertiary/aromatic N) is 4. The predicted octanol–water partition coefficient (Wildman–Crippen LogP) is 8.46. The van der Waals surface area contributed by atoms with Crippen LogP contribution in [0.15, 0.2) is 94.7 Å². The summed E-state index contributed by atoms with van der Waals surface area (Å²) in [6, 6.07) is 30.0. The Balaban J connectivity index is 0.897. The molecule has 1 fully saturated rings. The molecule has 0 unspecified atom stereocenters. The van der Waals surface area contributed by atoms with E-state index < -0.39 is 0 Å². The van der Waals surface area contributed by atoms with Crippen LogP contribution in [-0.4, -0.2) is 84.6 Å². The van der Waals surface area contributed by atoms with Gasteiger partial charge in [0.1, 0.15) is 0 Å². The molecule has 1 saturated heterocycles. The summed E-state index contributed by atoms with van der Waals surface area (Å²) in [4.78, 5) is 17.7. The minimum atomic E-state index is 0.954. The minimum Gasteiger partial charge on any atom is -0.384 e. The van der Waals surface area contributed by atoms with Crippen molar-refractivity contribution in [3.63, 3.8) is 0 Å². The van der Waals surface area contributed by atoms with E-state index in [9.17, 15) is 0 Å². The Morgan fingerprint density at radius 3 is 1.39 bits per heavy atom. The first-order valence-corrected chi connectivity index (χ1v) is 18.8. The highest BCUT2D eigenvalue weighted by Crippen LogP contribution is 2.36. The van der Waals surface area contributed by atoms with Gasteiger partial charge in [0.15, 0.2) is 0 Å². The van der Waals surface area contributed by atoms with E-state index in [0.717, 1.165) is 87.3 Å². The van der Waals surface area contributed by atoms with Crippen molar-refractivity contribution in [3.8, 4) is 0 Å². The molecule has 3 heterocycles. The molecule has 236 valence electrons. The number of para-hydroxylation sites is 4. The van der Waals surface area contributed by atoms with E-state index in [0.29, 0.717) is 0 Å². The summed E-state index contributed by atoms with van der Waals surface area (Å²) in [6.45, 7) is 8.72. The topological polar surface area (TPSA) is 56.3 Å². The Morgan fingerprint density at radius 2 is 0.957 bits per heavy atom. The van der Waals surface area contributed by atoms with E-state index in [1.54, 1.807) is 23.5 Å². The van der Waals surface area contributed by atoms with Gasteiger partial charge in [-0.05, 0) is 62.7 Å². The summed E-state index contributed by atoms with van der Waals surface area (Å²) in [5.41, 5.74) is 6.72. The zero-order valence-corrected chi connectivity index (χ0v) is 28.4. The van der Waals surface area contributed by atoms with Gasteiger partial charge in [-0.15, -0.1) is 23.5 Å². The van der Waals surface area contributed by atoms with E-state index in [-0.39, 0.29) is 0 Å². The average molecular weight is 647 g/mol. The molecule has 1 aliphatic heterocycles. The van der Waals surface area contributed by atoms with Gasteiger partial charge in [0.2, 0.25) is 0 Å². The number of nitrogens with one attached hydrogen (secondary N) is 2. The van der Waals surface area contributed by atoms with Crippen molar-refractivity contribution < 1.29 is 0 Å². The van der Waals surface area contributed by atoms with Crippen molar-refractivity contribution in [1.82, 2.24) is 19.8 Å². The van der Waals surface area contributed by atoms with Crippen molar-refractivity contribution in [1.29, 1.82) is 0 Å². The highest BCUT2D eigenvalue weighted by atomic mass is 32.2. The monoisotopic (exact) mass is 646 g/mol. The van der Waals surface area contributed by atoms with Crippen LogP contribution >= 0.6 is 23.5 Å². The summed E-state index contributed by atoms with van der Waals surface area (Å²) in [5.74, 6) is 0. The third-order valence-corrected chi connectivity index (χ3v) is 10.7. The first-order valence-electron chi connectivity index (χ1n) is 16.4. The van der Waals surface area contributed by atoms with Crippen LogP contribution in [0.2, 0.25) is 0 Å². The predicted molar refractivity (Wildman–Crippen MR) is 201 cm³/mol. The van der Waals surface area contributed by atoms with Crippen LogP contribution in [0, 0.1) is 0 Å². The van der Waals surface area contributed by atoms with Crippen molar-refractivity contribution in [2.45, 2.75) is 22.6 Å². The van der Waals surface area contributed by atoms with Gasteiger partial charge >= 0.3 is 0 Å². The summed E-state index contributed by atoms with van der Waals surface area (Å²) in [6.07, 6.45) is 6.50. The lowest BCUT2D eigenvalue weighted by Crippen LogP contribution is -2.47. The fraction of sp³-hybridized carbons (Fsp3) is 0.316. The van der Waals surface area contributed by atoms with E-state index in [1.807, 2.05) is 0 Å². The summed E-state index contributed by atoms with van der Waals surface area (Å²) >= 11 is 3.52. The van der Waals surface area contributed by atoms with Gasteiger partial charge in [-0.1, -0.05) is 60.7 Å². The Hall–Kier alpha value is -3.56. The number of hydrogen-bond donors (Lipinski definition) is 2. The molecule has 8 heteroatoms. The first kappa shape index (κ1) is 31.1. The Bertz CT molecular complexity index is 1830. The molecule has 0 atom stereocenters. The van der Waals surface area contributed by atoms with Gasteiger partial charge in [-0.25, -0.2) is 9.97 Å². The number of thioether (sulfide) groups is 2. The Kier molecular flexibility index (Phi) is 9.77. The molecule has 0 spiro atoms. The number of rotatable bonds is 12. The minimum absolute atomic E-state index is 0.954. The third kappa shape index (κ3) is 6.49. The van der Waals surface area contributed by atoms with E-state index in [1.165, 1.54) is 42.7 Å². The van der Waals surface area contributed by atoms with Crippen molar-refractivity contribution in [3.05, 3.63) is 84.9 Å². The van der Waals surface area contributed by atoms with Crippen molar-refractivity contribution in [2.75, 3.05) is 75.5 Å². The Labute approximate surface area is 280 Å². The maximum absolute atomic E-state index is 5.01. The number of benzene rings is 4. The normalized spacial score (nSPS) is 14.5. The zero-order chi connectivity index (χ0) is 31.3. The largest absolute Gasteiger partial charge is 0.384 e. The number of anilines is 2. The second-order valence-electron chi connectivity index (χ2n) is 12.0. The smallest absolute Gasteiger partial charge is 0.0866 e. The number of fused-ring (bicyclic) bond motifs is 4. The average Bonchev–Trinajstić information content (AvgIpc) is 3.11. The molecule has 46 heavy (non-hydrogen) atoms. The molecule has 0 amide bonds. The quantitative estimate of drug-likeness (QED) is 0.0781. The lowest BCUT2D eigenvalue weighted by Gasteiger charge is -2.34. The molecule has 0 saturated carbocycles. The molecule has 0 aliphatic carbocycles. The van der Waals surface area contributed by atoms with E-state index in [2.05, 4.69) is 118 Å². The van der Waals surface area contributed by atoms with Gasteiger partial charge < -0.3 is 20.4 Å². The lowest BCUT2D eigenvalue weighted by atomic mass is 10.1. The third-order valence-electron chi connectivity index (χ3n) is 9.16. The van der Waals surface area contributed by atoms with Crippen LogP contribution in [-0.2, 0) is 0 Å². The van der Waals surface area contributed by atoms with Gasteiger partial charge in [-0.3, -0.25) is 0 Å². The van der Waals surface area contributed by atoms with Gasteiger partial charge in [0.25, 0.3) is 0 Å². The zero-order valence-electron chi connectivity index (χ0n) is 26.8. The second kappa shape index (κ2) is 14.5. The second-order valence-corrected chi connectivity index (χ2v) is 13.7. The number of hydrogen-bond acceptors (Lipinski definition) is 8. The molecule has 1 aliphatic rings. The Morgan fingerprint density at radius 1 is 0.543 bits per heavy atom. The summed E-state index contributed by atoms with van der Waals surface area (Å²) in [7, 11) is 0. The number of pyridine rings is 2. The van der Waals surface area contributed by atoms with Gasteiger partial charge in [-0.2, -0.15) is 0 Å². The molecule has 4 aromatic carbocycles. The standard InChI is InChI=1S/C38H42N6S2/c1-45-33-17-7-13-29-35(27-11-3-5-15-31(27)41-37(29)33)39-19-9-21-43-23-25-44(26-24-43)22-10-20-40-36-28-12-4-6-16-32(28)42-38-30(36)14-8-18-34(38)46-2/h3-8,11-18H,9-10,19-26H2,1-2H3,(H,39,41)(H,40,42). The van der Waals surface area contributed by atoms with Crippen LogP contribution < -0.4 is 10.6 Å². The van der Waals surface area contributed by atoms with Crippen LogP contribution in [0.25, 0.3) is 43.6 Å². The van der Waals surface area contributed by atoms with Crippen LogP contribution in [0.5, 0.6) is 0 Å². The van der Waals surface area contributed by atoms with Crippen molar-refractivity contribution in [2.24, 2.45) is 0 Å². The SMILES string of the molecule is CSc1cccc2c(NCCCN3CCN(CCCNc4c5ccccc5nc5c(SC)cccc45)CC3)c3ccccc3nc12. The molecular weight excluding hydrogens is 605 g/mol. The number of piperazine rings is 1. The molecule has 2 aromatic heterocycles. The van der Waals surface area contributed by atoms with Crippen LogP contribution in [0.3, 0.4) is 0 Å². The maximum atomic E-state index is 5.01. The molecule has 0 radical (unpaired) electrons. The molecule has 0 bridgehead atoms. The van der Waals surface area contributed by atoms with Gasteiger partial charge in [0, 0.05) is 70.6 Å². The highest BCUT2D eigenvalue weighted by Gasteiger charge is 2.17. The first-order chi connectivity index (χ1) is 22.7. The molecule has 6 aromatic rings. The van der Waals surface area contributed by atoms with Crippen LogP contribution in [0.4, 0.5) is 11.4 Å². The summed E-state index contributed by atoms with van der Waals surface area (Å²) < 4.78 is 0. The molecule has 2 N–H and O–H groups in total. The highest BCUT2D eigenvalue weighted by molar-refractivity contribution is 7.99. The molecule has 6 nitrogen and oxygen atoms in total. The fourth-order valence-corrected chi connectivity index (χ4v) is 7.88. The van der Waals surface area contributed by atoms with Crippen LogP contribution in [0.1, 0.15) is 12.8 Å². The molecular formula is C38H42N6S2. The van der Waals surface area contributed by atoms with E-state index in [4.69, 9.17) is 9.97 Å². The lowest BCUT2D eigenvalue weighted by molar-refractivity contribution is 0.132.